The van der Waals surface area contributed by atoms with Crippen LogP contribution in [0.5, 0.6) is 0 Å². The van der Waals surface area contributed by atoms with E-state index in [0.717, 1.165) is 53.8 Å². The van der Waals surface area contributed by atoms with Crippen molar-refractivity contribution < 1.29 is 4.79 Å². The van der Waals surface area contributed by atoms with E-state index in [0.29, 0.717) is 17.1 Å². The van der Waals surface area contributed by atoms with Gasteiger partial charge in [-0.3, -0.25) is 9.20 Å². The van der Waals surface area contributed by atoms with Gasteiger partial charge >= 0.3 is 0 Å². The zero-order valence-corrected chi connectivity index (χ0v) is 20.2. The number of carbonyl (C=O) groups excluding carboxylic acids is 1. The molecule has 3 aromatic rings. The Kier molecular flexibility index (Phi) is 5.57. The van der Waals surface area contributed by atoms with Gasteiger partial charge in [0.2, 0.25) is 0 Å². The number of fused-ring (bicyclic) bond motifs is 1. The Balaban J connectivity index is 1.11. The summed E-state index contributed by atoms with van der Waals surface area (Å²) >= 11 is 6.19. The zero-order chi connectivity index (χ0) is 22.5. The number of hydrogen-bond acceptors (Lipinski definition) is 2. The minimum absolute atomic E-state index is 0.138. The molecule has 4 aliphatic carbocycles. The minimum Gasteiger partial charge on any atom is -0.295 e. The summed E-state index contributed by atoms with van der Waals surface area (Å²) in [6.07, 6.45) is 12.5. The molecule has 33 heavy (non-hydrogen) atoms. The summed E-state index contributed by atoms with van der Waals surface area (Å²) in [4.78, 5) is 17.8. The maximum atomic E-state index is 13.2. The number of nitrogens with zero attached hydrogens (tertiary/aromatic N) is 2. The van der Waals surface area contributed by atoms with Crippen LogP contribution in [0.25, 0.3) is 5.65 Å². The molecular formula is C29H33ClN2O. The number of rotatable bonds is 7. The molecule has 0 saturated heterocycles. The number of aryl methyl sites for hydroxylation is 2. The number of hydrogen-bond donors (Lipinski definition) is 0. The Morgan fingerprint density at radius 1 is 0.970 bits per heavy atom. The highest BCUT2D eigenvalue weighted by molar-refractivity contribution is 6.30. The molecule has 4 bridgehead atoms. The lowest BCUT2D eigenvalue weighted by molar-refractivity contribution is -0.0360. The van der Waals surface area contributed by atoms with Crippen LogP contribution < -0.4 is 0 Å². The second-order valence-corrected chi connectivity index (χ2v) is 11.3. The SMILES string of the molecule is CCc1nc2ccc(Cl)cn2c1C(=O)CCc1ccc(CC2C3CC4CC(C3)CC2C4)cc1. The fourth-order valence-corrected chi connectivity index (χ4v) is 7.63. The first-order valence-corrected chi connectivity index (χ1v) is 13.2. The van der Waals surface area contributed by atoms with Crippen LogP contribution in [0.4, 0.5) is 0 Å². The number of benzene rings is 1. The summed E-state index contributed by atoms with van der Waals surface area (Å²) in [5.74, 6) is 5.08. The van der Waals surface area contributed by atoms with Gasteiger partial charge in [0, 0.05) is 12.6 Å². The predicted molar refractivity (Wildman–Crippen MR) is 133 cm³/mol. The summed E-state index contributed by atoms with van der Waals surface area (Å²) < 4.78 is 1.86. The highest BCUT2D eigenvalue weighted by Gasteiger charge is 2.47. The molecule has 4 heteroatoms. The van der Waals surface area contributed by atoms with Gasteiger partial charge in [0.1, 0.15) is 11.3 Å². The topological polar surface area (TPSA) is 34.4 Å². The van der Waals surface area contributed by atoms with Gasteiger partial charge in [-0.15, -0.1) is 0 Å². The number of aromatic nitrogens is 2. The van der Waals surface area contributed by atoms with Crippen molar-refractivity contribution in [3.63, 3.8) is 0 Å². The van der Waals surface area contributed by atoms with Crippen LogP contribution in [0.1, 0.15) is 72.8 Å². The lowest BCUT2D eigenvalue weighted by Crippen LogP contribution is -2.45. The zero-order valence-electron chi connectivity index (χ0n) is 19.5. The molecular weight excluding hydrogens is 428 g/mol. The van der Waals surface area contributed by atoms with E-state index in [2.05, 4.69) is 29.2 Å². The fraction of sp³-hybridized carbons (Fsp3) is 0.517. The van der Waals surface area contributed by atoms with Gasteiger partial charge in [-0.2, -0.15) is 0 Å². The summed E-state index contributed by atoms with van der Waals surface area (Å²) in [6, 6.07) is 12.8. The third kappa shape index (κ3) is 4.03. The van der Waals surface area contributed by atoms with Gasteiger partial charge in [0.15, 0.2) is 5.78 Å². The van der Waals surface area contributed by atoms with Gasteiger partial charge in [-0.1, -0.05) is 42.8 Å². The van der Waals surface area contributed by atoms with E-state index in [-0.39, 0.29) is 5.78 Å². The number of pyridine rings is 1. The summed E-state index contributed by atoms with van der Waals surface area (Å²) in [7, 11) is 0. The highest BCUT2D eigenvalue weighted by Crippen LogP contribution is 2.57. The Labute approximate surface area is 201 Å². The lowest BCUT2D eigenvalue weighted by atomic mass is 9.51. The normalized spacial score (nSPS) is 28.0. The first-order chi connectivity index (χ1) is 16.1. The fourth-order valence-electron chi connectivity index (χ4n) is 7.47. The van der Waals surface area contributed by atoms with Gasteiger partial charge in [-0.25, -0.2) is 4.98 Å². The van der Waals surface area contributed by atoms with Gasteiger partial charge < -0.3 is 0 Å². The molecule has 1 aromatic carbocycles. The molecule has 4 aliphatic rings. The quantitative estimate of drug-likeness (QED) is 0.356. The maximum Gasteiger partial charge on any atom is 0.181 e. The third-order valence-electron chi connectivity index (χ3n) is 8.81. The van der Waals surface area contributed by atoms with Gasteiger partial charge in [0.05, 0.1) is 10.7 Å². The van der Waals surface area contributed by atoms with Crippen molar-refractivity contribution >= 4 is 23.0 Å². The first-order valence-electron chi connectivity index (χ1n) is 12.8. The standard InChI is InChI=1S/C29H33ClN2O/c1-2-26-29(32-17-24(30)8-10-28(32)31-26)27(33)9-7-18-3-5-19(6-4-18)16-25-22-12-20-11-21(14-22)15-23(25)13-20/h3-6,8,10,17,20-23,25H,2,7,9,11-16H2,1H3. The maximum absolute atomic E-state index is 13.2. The molecule has 3 nitrogen and oxygen atoms in total. The Morgan fingerprint density at radius 2 is 1.64 bits per heavy atom. The van der Waals surface area contributed by atoms with Gasteiger partial charge in [-0.05, 0) is 104 Å². The van der Waals surface area contributed by atoms with E-state index in [1.807, 2.05) is 23.5 Å². The van der Waals surface area contributed by atoms with Crippen molar-refractivity contribution in [3.8, 4) is 0 Å². The summed E-state index contributed by atoms with van der Waals surface area (Å²) in [5, 5.41) is 0.617. The molecule has 4 saturated carbocycles. The number of Topliss-reactive ketones (excluding diaryl/α,β-unsaturated/α-hetero) is 1. The van der Waals surface area contributed by atoms with E-state index in [4.69, 9.17) is 11.6 Å². The Bertz CT molecular complexity index is 1150. The third-order valence-corrected chi connectivity index (χ3v) is 9.03. The molecule has 4 fully saturated rings. The van der Waals surface area contributed by atoms with E-state index >= 15 is 0 Å². The van der Waals surface area contributed by atoms with Crippen LogP contribution in [-0.2, 0) is 19.3 Å². The average molecular weight is 461 g/mol. The van der Waals surface area contributed by atoms with Crippen molar-refractivity contribution in [2.24, 2.45) is 29.6 Å². The van der Waals surface area contributed by atoms with Crippen LogP contribution >= 0.6 is 11.6 Å². The molecule has 0 radical (unpaired) electrons. The Morgan fingerprint density at radius 3 is 2.30 bits per heavy atom. The molecule has 0 aliphatic heterocycles. The molecule has 172 valence electrons. The monoisotopic (exact) mass is 460 g/mol. The average Bonchev–Trinajstić information content (AvgIpc) is 3.18. The second-order valence-electron chi connectivity index (χ2n) is 10.9. The molecule has 0 N–H and O–H groups in total. The predicted octanol–water partition coefficient (Wildman–Crippen LogP) is 6.98. The van der Waals surface area contributed by atoms with Crippen molar-refractivity contribution in [1.29, 1.82) is 0 Å². The van der Waals surface area contributed by atoms with Crippen LogP contribution in [0.2, 0.25) is 5.02 Å². The number of halogens is 1. The summed E-state index contributed by atoms with van der Waals surface area (Å²) in [5.41, 5.74) is 5.05. The number of imidazole rings is 1. The lowest BCUT2D eigenvalue weighted by Gasteiger charge is -2.54. The number of carbonyl (C=O) groups is 1. The molecule has 0 spiro atoms. The first kappa shape index (κ1) is 21.4. The minimum atomic E-state index is 0.138. The van der Waals surface area contributed by atoms with Crippen LogP contribution in [0, 0.1) is 29.6 Å². The van der Waals surface area contributed by atoms with Crippen LogP contribution in [0.15, 0.2) is 42.6 Å². The highest BCUT2D eigenvalue weighted by atomic mass is 35.5. The molecule has 0 atom stereocenters. The molecule has 2 heterocycles. The second kappa shape index (κ2) is 8.58. The van der Waals surface area contributed by atoms with E-state index in [1.54, 1.807) is 6.20 Å². The van der Waals surface area contributed by atoms with E-state index in [9.17, 15) is 4.79 Å². The van der Waals surface area contributed by atoms with Crippen molar-refractivity contribution in [3.05, 3.63) is 70.1 Å². The van der Waals surface area contributed by atoms with Crippen molar-refractivity contribution in [2.75, 3.05) is 0 Å². The largest absolute Gasteiger partial charge is 0.295 e. The van der Waals surface area contributed by atoms with E-state index in [1.165, 1.54) is 49.7 Å². The summed E-state index contributed by atoms with van der Waals surface area (Å²) in [6.45, 7) is 2.04. The van der Waals surface area contributed by atoms with Gasteiger partial charge in [0.25, 0.3) is 0 Å². The van der Waals surface area contributed by atoms with Crippen molar-refractivity contribution in [2.45, 2.75) is 64.7 Å². The molecule has 0 unspecified atom stereocenters. The van der Waals surface area contributed by atoms with Crippen LogP contribution in [0.3, 0.4) is 0 Å². The van der Waals surface area contributed by atoms with E-state index < -0.39 is 0 Å². The molecule has 0 amide bonds. The molecule has 2 aromatic heterocycles. The van der Waals surface area contributed by atoms with Crippen LogP contribution in [-0.4, -0.2) is 15.2 Å². The Hall–Kier alpha value is -2.13. The van der Waals surface area contributed by atoms with Crippen molar-refractivity contribution in [1.82, 2.24) is 9.38 Å². The number of ketones is 1. The molecule has 7 rings (SSSR count). The smallest absolute Gasteiger partial charge is 0.181 e.